The van der Waals surface area contributed by atoms with Crippen LogP contribution in [0.2, 0.25) is 0 Å². The Balaban J connectivity index is 1.16. The first-order valence-corrected chi connectivity index (χ1v) is 17.6. The van der Waals surface area contributed by atoms with Gasteiger partial charge in [0.05, 0.1) is 23.0 Å². The average Bonchev–Trinajstić information content (AvgIpc) is 3.15. The number of hydrogen-bond donors (Lipinski definition) is 1. The van der Waals surface area contributed by atoms with Gasteiger partial charge in [0.1, 0.15) is 35.1 Å². The van der Waals surface area contributed by atoms with Crippen LogP contribution in [0.1, 0.15) is 22.8 Å². The van der Waals surface area contributed by atoms with Crippen LogP contribution in [0.3, 0.4) is 0 Å². The van der Waals surface area contributed by atoms with Crippen LogP contribution in [0, 0.1) is 0 Å². The zero-order valence-corrected chi connectivity index (χ0v) is 28.0. The van der Waals surface area contributed by atoms with Crippen LogP contribution in [-0.4, -0.2) is 50.7 Å². The third-order valence-corrected chi connectivity index (χ3v) is 10.2. The Kier molecular flexibility index (Phi) is 9.71. The van der Waals surface area contributed by atoms with Crippen molar-refractivity contribution in [2.24, 2.45) is 0 Å². The molecule has 0 radical (unpaired) electrons. The van der Waals surface area contributed by atoms with Gasteiger partial charge < -0.3 is 19.2 Å². The fourth-order valence-corrected chi connectivity index (χ4v) is 7.78. The van der Waals surface area contributed by atoms with E-state index in [9.17, 15) is 23.4 Å². The topological polar surface area (TPSA) is 132 Å². The Bertz CT molecular complexity index is 2200. The highest BCUT2D eigenvalue weighted by Gasteiger charge is 2.57. The summed E-state index contributed by atoms with van der Waals surface area (Å²) in [6, 6.07) is 34.6. The molecule has 0 bridgehead atoms. The summed E-state index contributed by atoms with van der Waals surface area (Å²) in [5, 5.41) is 2.52. The van der Waals surface area contributed by atoms with Gasteiger partial charge in [0.25, 0.3) is 5.91 Å². The van der Waals surface area contributed by atoms with Crippen molar-refractivity contribution in [3.05, 3.63) is 172 Å². The van der Waals surface area contributed by atoms with Gasteiger partial charge in [-0.3, -0.25) is 18.7 Å². The highest BCUT2D eigenvalue weighted by atomic mass is 32.2. The Morgan fingerprint density at radius 1 is 0.882 bits per heavy atom. The molecule has 2 aliphatic rings. The SMILES string of the molecule is O=C(Cc1ccccc1)N[C@@H]1C(=O)N2C(C(=O)OC(c3ccccc3)c3ccccc3)=C(/C=C\COc3ccc4ccc(=O)oc4c3)C[S@](=O)[C@H]12. The maximum atomic E-state index is 14.2. The quantitative estimate of drug-likeness (QED) is 0.116. The Hall–Kier alpha value is -6.07. The van der Waals surface area contributed by atoms with Crippen molar-refractivity contribution in [2.45, 2.75) is 23.9 Å². The van der Waals surface area contributed by atoms with Gasteiger partial charge in [-0.1, -0.05) is 97.1 Å². The predicted octanol–water partition coefficient (Wildman–Crippen LogP) is 4.97. The smallest absolute Gasteiger partial charge is 0.356 e. The van der Waals surface area contributed by atoms with Crippen molar-refractivity contribution in [1.82, 2.24) is 10.2 Å². The van der Waals surface area contributed by atoms with Crippen molar-refractivity contribution in [3.8, 4) is 5.75 Å². The van der Waals surface area contributed by atoms with Gasteiger partial charge in [0, 0.05) is 17.5 Å². The van der Waals surface area contributed by atoms with E-state index < -0.39 is 51.7 Å². The number of benzene rings is 4. The average molecular weight is 701 g/mol. The van der Waals surface area contributed by atoms with Crippen molar-refractivity contribution >= 4 is 39.6 Å². The molecule has 1 fully saturated rings. The highest BCUT2D eigenvalue weighted by Crippen LogP contribution is 2.37. The van der Waals surface area contributed by atoms with Gasteiger partial charge in [-0.25, -0.2) is 9.59 Å². The number of nitrogens with zero attached hydrogens (tertiary/aromatic N) is 1. The van der Waals surface area contributed by atoms with Crippen LogP contribution in [0.4, 0.5) is 0 Å². The van der Waals surface area contributed by atoms with Gasteiger partial charge in [-0.2, -0.15) is 0 Å². The Morgan fingerprint density at radius 3 is 2.22 bits per heavy atom. The molecule has 0 saturated carbocycles. The van der Waals surface area contributed by atoms with Crippen LogP contribution in [0.25, 0.3) is 11.0 Å². The van der Waals surface area contributed by atoms with E-state index >= 15 is 0 Å². The van der Waals surface area contributed by atoms with Crippen LogP contribution in [0.15, 0.2) is 154 Å². The minimum atomic E-state index is -1.66. The van der Waals surface area contributed by atoms with E-state index in [1.54, 1.807) is 48.6 Å². The number of rotatable bonds is 11. The molecule has 2 aliphatic heterocycles. The summed E-state index contributed by atoms with van der Waals surface area (Å²) in [5.74, 6) is -1.35. The lowest BCUT2D eigenvalue weighted by Gasteiger charge is -2.49. The third-order valence-electron chi connectivity index (χ3n) is 8.56. The zero-order chi connectivity index (χ0) is 35.3. The van der Waals surface area contributed by atoms with Crippen LogP contribution in [0.5, 0.6) is 5.75 Å². The maximum absolute atomic E-state index is 14.2. The Labute approximate surface area is 295 Å². The van der Waals surface area contributed by atoms with Crippen LogP contribution < -0.4 is 15.7 Å². The summed E-state index contributed by atoms with van der Waals surface area (Å²) >= 11 is 0. The second kappa shape index (κ2) is 14.8. The number of esters is 1. The molecule has 4 aromatic carbocycles. The number of carbonyl (C=O) groups excluding carboxylic acids is 3. The molecule has 5 aromatic rings. The molecule has 51 heavy (non-hydrogen) atoms. The van der Waals surface area contributed by atoms with Gasteiger partial charge in [-0.05, 0) is 46.5 Å². The van der Waals surface area contributed by atoms with Crippen molar-refractivity contribution in [1.29, 1.82) is 0 Å². The molecule has 11 heteroatoms. The zero-order valence-electron chi connectivity index (χ0n) is 27.2. The van der Waals surface area contributed by atoms with E-state index in [1.807, 2.05) is 78.9 Å². The summed E-state index contributed by atoms with van der Waals surface area (Å²) in [5.41, 5.74) is 2.40. The van der Waals surface area contributed by atoms with Crippen molar-refractivity contribution in [3.63, 3.8) is 0 Å². The first kappa shape index (κ1) is 33.4. The largest absolute Gasteiger partial charge is 0.489 e. The van der Waals surface area contributed by atoms with E-state index in [2.05, 4.69) is 5.32 Å². The molecule has 3 heterocycles. The molecule has 256 valence electrons. The molecule has 1 saturated heterocycles. The van der Waals surface area contributed by atoms with E-state index in [0.717, 1.165) is 22.1 Å². The lowest BCUT2D eigenvalue weighted by molar-refractivity contribution is -0.154. The van der Waals surface area contributed by atoms with E-state index in [0.29, 0.717) is 16.9 Å². The number of β-lactam (4-membered cyclic amide) rings is 1. The molecular weight excluding hydrogens is 669 g/mol. The molecule has 2 amide bonds. The third kappa shape index (κ3) is 7.29. The number of fused-ring (bicyclic) bond motifs is 2. The minimum absolute atomic E-state index is 0.0428. The first-order chi connectivity index (χ1) is 24.9. The second-order valence-corrected chi connectivity index (χ2v) is 13.5. The van der Waals surface area contributed by atoms with Gasteiger partial charge in [0.2, 0.25) is 5.91 Å². The summed E-state index contributed by atoms with van der Waals surface area (Å²) in [4.78, 5) is 53.7. The minimum Gasteiger partial charge on any atom is -0.489 e. The van der Waals surface area contributed by atoms with Gasteiger partial charge in [-0.15, -0.1) is 0 Å². The maximum Gasteiger partial charge on any atom is 0.356 e. The first-order valence-electron chi connectivity index (χ1n) is 16.3. The summed E-state index contributed by atoms with van der Waals surface area (Å²) in [6.07, 6.45) is 2.49. The Morgan fingerprint density at radius 2 is 1.53 bits per heavy atom. The standard InChI is InChI=1S/C40H32N2O8S/c43-33(23-26-11-4-1-5-12-26)41-35-38(45)42-36(40(46)50-37(28-13-6-2-7-14-28)29-15-8-3-9-16-29)30(25-51(47)39(35)42)17-10-22-48-31-20-18-27-19-21-34(44)49-32(27)24-31/h1-21,24,35,37,39H,22-23,25H2,(H,41,43)/b17-10-/t35-,39-,51+/m1/s1. The second-order valence-electron chi connectivity index (χ2n) is 12.0. The predicted molar refractivity (Wildman–Crippen MR) is 191 cm³/mol. The molecular formula is C40H32N2O8S. The van der Waals surface area contributed by atoms with Gasteiger partial charge >= 0.3 is 11.6 Å². The molecule has 7 rings (SSSR count). The summed E-state index contributed by atoms with van der Waals surface area (Å²) < 4.78 is 30.9. The van der Waals surface area contributed by atoms with Crippen LogP contribution in [-0.2, 0) is 36.3 Å². The number of ether oxygens (including phenoxy) is 2. The van der Waals surface area contributed by atoms with Crippen molar-refractivity contribution in [2.75, 3.05) is 12.4 Å². The number of amides is 2. The lowest BCUT2D eigenvalue weighted by atomic mass is 10.00. The molecule has 0 aliphatic carbocycles. The van der Waals surface area contributed by atoms with E-state index in [4.69, 9.17) is 13.9 Å². The lowest BCUT2D eigenvalue weighted by Crippen LogP contribution is -2.73. The normalized spacial score (nSPS) is 18.4. The molecule has 0 unspecified atom stereocenters. The van der Waals surface area contributed by atoms with E-state index in [-0.39, 0.29) is 24.5 Å². The summed E-state index contributed by atoms with van der Waals surface area (Å²) in [7, 11) is -1.66. The molecule has 1 aromatic heterocycles. The summed E-state index contributed by atoms with van der Waals surface area (Å²) in [6.45, 7) is 0.0488. The number of allylic oxidation sites excluding steroid dienone is 1. The molecule has 10 nitrogen and oxygen atoms in total. The highest BCUT2D eigenvalue weighted by molar-refractivity contribution is 7.86. The molecule has 3 atom stereocenters. The number of carbonyl (C=O) groups is 3. The number of hydrogen-bond acceptors (Lipinski definition) is 8. The fourth-order valence-electron chi connectivity index (χ4n) is 6.14. The molecule has 1 N–H and O–H groups in total. The van der Waals surface area contributed by atoms with Gasteiger partial charge in [0.15, 0.2) is 6.10 Å². The van der Waals surface area contributed by atoms with Crippen molar-refractivity contribution < 1.29 is 32.5 Å². The number of nitrogens with one attached hydrogen (secondary N) is 1. The monoisotopic (exact) mass is 700 g/mol. The van der Waals surface area contributed by atoms with E-state index in [1.165, 1.54) is 11.0 Å². The molecule has 0 spiro atoms. The fraction of sp³-hybridized carbons (Fsp3) is 0.150. The van der Waals surface area contributed by atoms with Crippen LogP contribution >= 0.6 is 0 Å².